The fourth-order valence-corrected chi connectivity index (χ4v) is 1.87. The molecule has 0 unspecified atom stereocenters. The van der Waals surface area contributed by atoms with E-state index in [0.717, 1.165) is 18.4 Å². The van der Waals surface area contributed by atoms with Gasteiger partial charge in [-0.05, 0) is 43.5 Å². The van der Waals surface area contributed by atoms with Crippen LogP contribution in [0.3, 0.4) is 0 Å². The van der Waals surface area contributed by atoms with Crippen molar-refractivity contribution in [2.75, 3.05) is 27.3 Å². The number of nitrogens with zero attached hydrogens (tertiary/aromatic N) is 2. The Morgan fingerprint density at radius 2 is 2.04 bits per heavy atom. The molecular weight excluding hydrogens is 310 g/mol. The Morgan fingerprint density at radius 3 is 2.67 bits per heavy atom. The molecule has 0 heterocycles. The molecule has 1 aliphatic rings. The lowest BCUT2D eigenvalue weighted by Gasteiger charge is -2.14. The van der Waals surface area contributed by atoms with E-state index in [1.165, 1.54) is 4.90 Å². The first-order chi connectivity index (χ1) is 11.5. The topological polar surface area (TPSA) is 80.2 Å². The van der Waals surface area contributed by atoms with E-state index in [4.69, 9.17) is 9.47 Å². The van der Waals surface area contributed by atoms with E-state index in [0.29, 0.717) is 18.1 Å². The third-order valence-electron chi connectivity index (χ3n) is 3.45. The number of carbonyl (C=O) groups is 2. The van der Waals surface area contributed by atoms with Gasteiger partial charge in [-0.1, -0.05) is 0 Å². The first-order valence-electron chi connectivity index (χ1n) is 7.94. The monoisotopic (exact) mass is 333 g/mol. The molecule has 1 saturated carbocycles. The number of nitrogens with one attached hydrogen (secondary N) is 1. The van der Waals surface area contributed by atoms with Crippen LogP contribution in [0.1, 0.15) is 25.3 Å². The fraction of sp³-hybridized carbons (Fsp3) is 0.471. The standard InChI is InChI=1S/C17H23N3O4/c1-4-23-15-9-12(10-18-19-17(22)13-6-7-13)5-8-14(15)24-11-16(21)20(2)3/h5,8-10,13H,4,6-7,11H2,1-3H3,(H,19,22)/b18-10-. The molecule has 0 atom stereocenters. The first-order valence-corrected chi connectivity index (χ1v) is 7.94. The third-order valence-corrected chi connectivity index (χ3v) is 3.45. The summed E-state index contributed by atoms with van der Waals surface area (Å²) in [4.78, 5) is 24.6. The van der Waals surface area contributed by atoms with Gasteiger partial charge in [0.15, 0.2) is 18.1 Å². The van der Waals surface area contributed by atoms with Crippen molar-refractivity contribution in [1.29, 1.82) is 0 Å². The van der Waals surface area contributed by atoms with E-state index >= 15 is 0 Å². The van der Waals surface area contributed by atoms with Gasteiger partial charge in [-0.15, -0.1) is 0 Å². The van der Waals surface area contributed by atoms with E-state index in [-0.39, 0.29) is 24.3 Å². The molecule has 1 N–H and O–H groups in total. The second-order valence-corrected chi connectivity index (χ2v) is 5.72. The summed E-state index contributed by atoms with van der Waals surface area (Å²) in [7, 11) is 3.34. The molecule has 0 radical (unpaired) electrons. The Morgan fingerprint density at radius 1 is 1.29 bits per heavy atom. The van der Waals surface area contributed by atoms with Crippen LogP contribution in [0.4, 0.5) is 0 Å². The average Bonchev–Trinajstić information content (AvgIpc) is 3.38. The first kappa shape index (κ1) is 17.8. The number of amides is 2. The number of benzene rings is 1. The molecule has 1 aromatic rings. The minimum absolute atomic E-state index is 0.0431. The molecule has 1 aliphatic carbocycles. The van der Waals surface area contributed by atoms with Crippen LogP contribution >= 0.6 is 0 Å². The molecule has 7 nitrogen and oxygen atoms in total. The normalized spacial score (nSPS) is 13.6. The number of hydrogen-bond acceptors (Lipinski definition) is 5. The second-order valence-electron chi connectivity index (χ2n) is 5.72. The molecular formula is C17H23N3O4. The lowest BCUT2D eigenvalue weighted by molar-refractivity contribution is -0.130. The molecule has 0 aromatic heterocycles. The molecule has 7 heteroatoms. The minimum atomic E-state index is -0.133. The summed E-state index contributed by atoms with van der Waals surface area (Å²) >= 11 is 0. The van der Waals surface area contributed by atoms with Crippen molar-refractivity contribution in [3.8, 4) is 11.5 Å². The van der Waals surface area contributed by atoms with Crippen LogP contribution in [0.5, 0.6) is 11.5 Å². The molecule has 0 saturated heterocycles. The summed E-state index contributed by atoms with van der Waals surface area (Å²) in [6, 6.07) is 5.26. The van der Waals surface area contributed by atoms with Crippen LogP contribution in [0.15, 0.2) is 23.3 Å². The number of rotatable bonds is 8. The summed E-state index contributed by atoms with van der Waals surface area (Å²) < 4.78 is 11.1. The van der Waals surface area contributed by atoms with Crippen molar-refractivity contribution in [1.82, 2.24) is 10.3 Å². The van der Waals surface area contributed by atoms with Gasteiger partial charge in [-0.25, -0.2) is 5.43 Å². The van der Waals surface area contributed by atoms with Crippen molar-refractivity contribution in [3.63, 3.8) is 0 Å². The van der Waals surface area contributed by atoms with Gasteiger partial charge in [0, 0.05) is 20.0 Å². The predicted molar refractivity (Wildman–Crippen MR) is 90.3 cm³/mol. The maximum absolute atomic E-state index is 11.6. The molecule has 0 spiro atoms. The summed E-state index contributed by atoms with van der Waals surface area (Å²) in [5, 5.41) is 3.95. The SMILES string of the molecule is CCOc1cc(/C=N\NC(=O)C2CC2)ccc1OCC(=O)N(C)C. The molecule has 2 amide bonds. The van der Waals surface area contributed by atoms with Crippen molar-refractivity contribution >= 4 is 18.0 Å². The van der Waals surface area contributed by atoms with E-state index in [1.807, 2.05) is 6.92 Å². The number of ether oxygens (including phenoxy) is 2. The van der Waals surface area contributed by atoms with Crippen molar-refractivity contribution in [3.05, 3.63) is 23.8 Å². The van der Waals surface area contributed by atoms with Crippen LogP contribution in [-0.4, -0.2) is 50.2 Å². The molecule has 0 aliphatic heterocycles. The van der Waals surface area contributed by atoms with Crippen LogP contribution in [0.25, 0.3) is 0 Å². The highest BCUT2D eigenvalue weighted by Crippen LogP contribution is 2.29. The summed E-state index contributed by atoms with van der Waals surface area (Å²) in [5.74, 6) is 0.961. The lowest BCUT2D eigenvalue weighted by atomic mass is 10.2. The maximum Gasteiger partial charge on any atom is 0.259 e. The van der Waals surface area contributed by atoms with Gasteiger partial charge in [-0.3, -0.25) is 9.59 Å². The zero-order chi connectivity index (χ0) is 17.5. The van der Waals surface area contributed by atoms with Crippen LogP contribution in [-0.2, 0) is 9.59 Å². The molecule has 0 bridgehead atoms. The highest BCUT2D eigenvalue weighted by molar-refractivity contribution is 5.85. The third kappa shape index (κ3) is 5.26. The lowest BCUT2D eigenvalue weighted by Crippen LogP contribution is -2.27. The second kappa shape index (κ2) is 8.33. The zero-order valence-electron chi connectivity index (χ0n) is 14.2. The zero-order valence-corrected chi connectivity index (χ0v) is 14.2. The van der Waals surface area contributed by atoms with Gasteiger partial charge in [0.25, 0.3) is 5.91 Å². The minimum Gasteiger partial charge on any atom is -0.490 e. The van der Waals surface area contributed by atoms with Gasteiger partial charge in [-0.2, -0.15) is 5.10 Å². The van der Waals surface area contributed by atoms with Gasteiger partial charge >= 0.3 is 0 Å². The Balaban J connectivity index is 2.00. The summed E-state index contributed by atoms with van der Waals surface area (Å²) in [6.07, 6.45) is 3.43. The predicted octanol–water partition coefficient (Wildman–Crippen LogP) is 1.41. The Bertz CT molecular complexity index is 624. The van der Waals surface area contributed by atoms with Crippen molar-refractivity contribution < 1.29 is 19.1 Å². The van der Waals surface area contributed by atoms with Gasteiger partial charge in [0.2, 0.25) is 5.91 Å². The van der Waals surface area contributed by atoms with E-state index in [1.54, 1.807) is 38.5 Å². The van der Waals surface area contributed by atoms with Gasteiger partial charge < -0.3 is 14.4 Å². The van der Waals surface area contributed by atoms with Crippen LogP contribution in [0, 0.1) is 5.92 Å². The highest BCUT2D eigenvalue weighted by atomic mass is 16.5. The average molecular weight is 333 g/mol. The number of likely N-dealkylation sites (N-methyl/N-ethyl adjacent to an activating group) is 1. The largest absolute Gasteiger partial charge is 0.490 e. The molecule has 24 heavy (non-hydrogen) atoms. The maximum atomic E-state index is 11.6. The van der Waals surface area contributed by atoms with Crippen molar-refractivity contribution in [2.24, 2.45) is 11.0 Å². The summed E-state index contributed by atoms with van der Waals surface area (Å²) in [5.41, 5.74) is 3.28. The Kier molecular flexibility index (Phi) is 6.17. The Labute approximate surface area is 141 Å². The molecule has 1 aromatic carbocycles. The number of carbonyl (C=O) groups excluding carboxylic acids is 2. The summed E-state index contributed by atoms with van der Waals surface area (Å²) in [6.45, 7) is 2.28. The van der Waals surface area contributed by atoms with E-state index in [2.05, 4.69) is 10.5 Å². The van der Waals surface area contributed by atoms with Gasteiger partial charge in [0.05, 0.1) is 12.8 Å². The highest BCUT2D eigenvalue weighted by Gasteiger charge is 2.29. The molecule has 2 rings (SSSR count). The number of hydrazone groups is 1. The quantitative estimate of drug-likeness (QED) is 0.576. The smallest absolute Gasteiger partial charge is 0.259 e. The number of hydrogen-bond donors (Lipinski definition) is 1. The molecule has 1 fully saturated rings. The Hall–Kier alpha value is -2.57. The van der Waals surface area contributed by atoms with Gasteiger partial charge in [0.1, 0.15) is 0 Å². The van der Waals surface area contributed by atoms with E-state index < -0.39 is 0 Å². The van der Waals surface area contributed by atoms with E-state index in [9.17, 15) is 9.59 Å². The van der Waals surface area contributed by atoms with Crippen molar-refractivity contribution in [2.45, 2.75) is 19.8 Å². The van der Waals surface area contributed by atoms with Crippen LogP contribution in [0.2, 0.25) is 0 Å². The van der Waals surface area contributed by atoms with Crippen LogP contribution < -0.4 is 14.9 Å². The fourth-order valence-electron chi connectivity index (χ4n) is 1.87. The molecule has 130 valence electrons.